The number of hydroxylamine groups is 2. The summed E-state index contributed by atoms with van der Waals surface area (Å²) in [5, 5.41) is 9.91. The molecule has 0 saturated carbocycles. The number of benzene rings is 2. The number of carbonyl (C=O) groups is 1. The molecule has 104 valence electrons. The molecule has 0 saturated heterocycles. The Bertz CT molecular complexity index is 626. The van der Waals surface area contributed by atoms with Crippen LogP contribution in [-0.4, -0.2) is 16.2 Å². The van der Waals surface area contributed by atoms with Gasteiger partial charge in [0.25, 0.3) is 0 Å². The van der Waals surface area contributed by atoms with Crippen LogP contribution < -0.4 is 0 Å². The summed E-state index contributed by atoms with van der Waals surface area (Å²) in [6.07, 6.45) is 0. The first kappa shape index (κ1) is 14.1. The van der Waals surface area contributed by atoms with E-state index in [1.54, 1.807) is 24.3 Å². The number of nitrogens with zero attached hydrogens (tertiary/aromatic N) is 1. The Labute approximate surface area is 115 Å². The number of carbonyl (C=O) groups excluding carboxylic acids is 1. The van der Waals surface area contributed by atoms with Crippen LogP contribution in [0.4, 0.5) is 8.78 Å². The van der Waals surface area contributed by atoms with Crippen LogP contribution in [0.5, 0.6) is 0 Å². The third-order valence-corrected chi connectivity index (χ3v) is 2.89. The lowest BCUT2D eigenvalue weighted by atomic mass is 10.0. The van der Waals surface area contributed by atoms with E-state index in [0.29, 0.717) is 21.8 Å². The number of amides is 1. The topological polar surface area (TPSA) is 40.5 Å². The summed E-state index contributed by atoms with van der Waals surface area (Å²) >= 11 is 0. The number of halogens is 2. The van der Waals surface area contributed by atoms with Crippen LogP contribution in [0.1, 0.15) is 12.5 Å². The molecule has 0 atom stereocenters. The molecule has 0 radical (unpaired) electrons. The Morgan fingerprint density at radius 1 is 1.15 bits per heavy atom. The minimum atomic E-state index is -0.634. The number of rotatable bonds is 3. The Hall–Kier alpha value is -2.27. The zero-order chi connectivity index (χ0) is 14.7. The molecule has 0 aliphatic heterocycles. The molecule has 3 nitrogen and oxygen atoms in total. The van der Waals surface area contributed by atoms with E-state index in [2.05, 4.69) is 0 Å². The first-order valence-corrected chi connectivity index (χ1v) is 5.98. The molecular formula is C15H13F2NO2. The number of hydrogen-bond acceptors (Lipinski definition) is 2. The minimum Gasteiger partial charge on any atom is -0.286 e. The molecule has 2 aromatic rings. The van der Waals surface area contributed by atoms with Crippen molar-refractivity contribution in [2.24, 2.45) is 0 Å². The van der Waals surface area contributed by atoms with Crippen molar-refractivity contribution in [3.05, 3.63) is 59.7 Å². The molecule has 1 N–H and O–H groups in total. The highest BCUT2D eigenvalue weighted by Crippen LogP contribution is 2.24. The number of hydrogen-bond donors (Lipinski definition) is 1. The van der Waals surface area contributed by atoms with Gasteiger partial charge >= 0.3 is 0 Å². The van der Waals surface area contributed by atoms with Crippen LogP contribution in [-0.2, 0) is 11.3 Å². The van der Waals surface area contributed by atoms with Crippen molar-refractivity contribution in [3.8, 4) is 11.1 Å². The molecule has 0 aliphatic rings. The fourth-order valence-electron chi connectivity index (χ4n) is 1.80. The molecule has 0 bridgehead atoms. The zero-order valence-corrected chi connectivity index (χ0v) is 10.8. The zero-order valence-electron chi connectivity index (χ0n) is 10.8. The maximum atomic E-state index is 13.6. The van der Waals surface area contributed by atoms with Crippen LogP contribution >= 0.6 is 0 Å². The minimum absolute atomic E-state index is 0.0571. The van der Waals surface area contributed by atoms with Crippen LogP contribution in [0, 0.1) is 11.6 Å². The monoisotopic (exact) mass is 277 g/mol. The second-order valence-corrected chi connectivity index (χ2v) is 4.40. The molecule has 2 rings (SSSR count). The van der Waals surface area contributed by atoms with Gasteiger partial charge in [-0.05, 0) is 23.3 Å². The summed E-state index contributed by atoms with van der Waals surface area (Å²) in [7, 11) is 0. The summed E-state index contributed by atoms with van der Waals surface area (Å²) in [4.78, 5) is 10.9. The molecule has 0 spiro atoms. The normalized spacial score (nSPS) is 10.4. The van der Waals surface area contributed by atoms with Gasteiger partial charge in [-0.15, -0.1) is 0 Å². The van der Waals surface area contributed by atoms with Gasteiger partial charge in [-0.25, -0.2) is 13.8 Å². The highest BCUT2D eigenvalue weighted by Gasteiger charge is 2.08. The van der Waals surface area contributed by atoms with E-state index >= 15 is 0 Å². The van der Waals surface area contributed by atoms with Crippen molar-refractivity contribution < 1.29 is 18.8 Å². The van der Waals surface area contributed by atoms with Crippen molar-refractivity contribution in [1.29, 1.82) is 0 Å². The van der Waals surface area contributed by atoms with Gasteiger partial charge in [-0.1, -0.05) is 24.3 Å². The largest absolute Gasteiger partial charge is 0.286 e. The maximum Gasteiger partial charge on any atom is 0.243 e. The molecule has 0 aliphatic carbocycles. The summed E-state index contributed by atoms with van der Waals surface area (Å²) in [5.74, 6) is -1.72. The van der Waals surface area contributed by atoms with E-state index in [9.17, 15) is 18.8 Å². The standard InChI is InChI=1S/C15H13F2NO2/c1-10(19)18(20)9-11-2-4-12(5-3-11)14-7-6-13(16)8-15(14)17/h2-8,20H,9H2,1H3. The predicted molar refractivity (Wildman–Crippen MR) is 69.8 cm³/mol. The Kier molecular flexibility index (Phi) is 4.10. The van der Waals surface area contributed by atoms with Crippen molar-refractivity contribution in [2.75, 3.05) is 0 Å². The molecule has 5 heteroatoms. The van der Waals surface area contributed by atoms with Crippen molar-refractivity contribution in [3.63, 3.8) is 0 Å². The summed E-state index contributed by atoms with van der Waals surface area (Å²) < 4.78 is 26.5. The van der Waals surface area contributed by atoms with Gasteiger partial charge in [0, 0.05) is 18.6 Å². The van der Waals surface area contributed by atoms with Crippen LogP contribution in [0.3, 0.4) is 0 Å². The van der Waals surface area contributed by atoms with Crippen molar-refractivity contribution >= 4 is 5.91 Å². The van der Waals surface area contributed by atoms with E-state index < -0.39 is 17.5 Å². The Morgan fingerprint density at radius 2 is 1.80 bits per heavy atom. The first-order chi connectivity index (χ1) is 9.47. The quantitative estimate of drug-likeness (QED) is 0.690. The van der Waals surface area contributed by atoms with Crippen LogP contribution in [0.15, 0.2) is 42.5 Å². The highest BCUT2D eigenvalue weighted by molar-refractivity contribution is 5.71. The summed E-state index contributed by atoms with van der Waals surface area (Å²) in [6.45, 7) is 1.31. The third kappa shape index (κ3) is 3.19. The molecule has 0 aromatic heterocycles. The molecule has 1 amide bonds. The lowest BCUT2D eigenvalue weighted by Crippen LogP contribution is -2.23. The Balaban J connectivity index is 2.21. The van der Waals surface area contributed by atoms with E-state index in [1.165, 1.54) is 19.1 Å². The lowest BCUT2D eigenvalue weighted by Gasteiger charge is -2.12. The smallest absolute Gasteiger partial charge is 0.243 e. The predicted octanol–water partition coefficient (Wildman–Crippen LogP) is 3.37. The molecule has 2 aromatic carbocycles. The highest BCUT2D eigenvalue weighted by atomic mass is 19.1. The maximum absolute atomic E-state index is 13.6. The van der Waals surface area contributed by atoms with E-state index in [1.807, 2.05) is 0 Å². The average Bonchev–Trinajstić information content (AvgIpc) is 2.40. The van der Waals surface area contributed by atoms with Gasteiger partial charge in [0.2, 0.25) is 5.91 Å². The lowest BCUT2D eigenvalue weighted by molar-refractivity contribution is -0.165. The molecular weight excluding hydrogens is 264 g/mol. The molecule has 0 unspecified atom stereocenters. The fraction of sp³-hybridized carbons (Fsp3) is 0.133. The third-order valence-electron chi connectivity index (χ3n) is 2.89. The average molecular weight is 277 g/mol. The molecule has 0 fully saturated rings. The fourth-order valence-corrected chi connectivity index (χ4v) is 1.80. The van der Waals surface area contributed by atoms with Crippen molar-refractivity contribution in [1.82, 2.24) is 5.06 Å². The van der Waals surface area contributed by atoms with Gasteiger partial charge in [0.15, 0.2) is 0 Å². The van der Waals surface area contributed by atoms with Crippen molar-refractivity contribution in [2.45, 2.75) is 13.5 Å². The van der Waals surface area contributed by atoms with E-state index in [0.717, 1.165) is 6.07 Å². The SMILES string of the molecule is CC(=O)N(O)Cc1ccc(-c2ccc(F)cc2F)cc1. The van der Waals surface area contributed by atoms with Gasteiger partial charge in [-0.3, -0.25) is 10.0 Å². The van der Waals surface area contributed by atoms with Gasteiger partial charge < -0.3 is 0 Å². The van der Waals surface area contributed by atoms with E-state index in [4.69, 9.17) is 0 Å². The van der Waals surface area contributed by atoms with E-state index in [-0.39, 0.29) is 6.54 Å². The summed E-state index contributed by atoms with van der Waals surface area (Å²) in [6, 6.07) is 10.0. The Morgan fingerprint density at radius 3 is 2.35 bits per heavy atom. The van der Waals surface area contributed by atoms with Crippen LogP contribution in [0.25, 0.3) is 11.1 Å². The van der Waals surface area contributed by atoms with Gasteiger partial charge in [0.1, 0.15) is 11.6 Å². The second kappa shape index (κ2) is 5.79. The summed E-state index contributed by atoms with van der Waals surface area (Å²) in [5.41, 5.74) is 1.60. The van der Waals surface area contributed by atoms with Crippen LogP contribution in [0.2, 0.25) is 0 Å². The first-order valence-electron chi connectivity index (χ1n) is 5.98. The molecule has 20 heavy (non-hydrogen) atoms. The van der Waals surface area contributed by atoms with Gasteiger partial charge in [-0.2, -0.15) is 0 Å². The van der Waals surface area contributed by atoms with Gasteiger partial charge in [0.05, 0.1) is 6.54 Å². The second-order valence-electron chi connectivity index (χ2n) is 4.40. The molecule has 0 heterocycles.